The third-order valence-corrected chi connectivity index (χ3v) is 7.69. The zero-order chi connectivity index (χ0) is 25.8. The summed E-state index contributed by atoms with van der Waals surface area (Å²) in [6, 6.07) is 16.0. The van der Waals surface area contributed by atoms with Gasteiger partial charge in [-0.1, -0.05) is 41.4 Å². The Hall–Kier alpha value is -2.94. The molecule has 3 aromatic carbocycles. The van der Waals surface area contributed by atoms with Gasteiger partial charge < -0.3 is 14.8 Å². The van der Waals surface area contributed by atoms with E-state index in [-0.39, 0.29) is 27.4 Å². The zero-order valence-corrected chi connectivity index (χ0v) is 22.0. The lowest BCUT2D eigenvalue weighted by Gasteiger charge is -2.26. The Balaban J connectivity index is 2.00. The molecule has 0 saturated heterocycles. The Labute approximate surface area is 215 Å². The maximum absolute atomic E-state index is 13.8. The molecule has 1 atom stereocenters. The van der Waals surface area contributed by atoms with Gasteiger partial charge in [0.15, 0.2) is 0 Å². The highest BCUT2D eigenvalue weighted by molar-refractivity contribution is 7.93. The number of carbonyl (C=O) groups excluding carboxylic acids is 1. The van der Waals surface area contributed by atoms with E-state index in [2.05, 4.69) is 5.32 Å². The second-order valence-corrected chi connectivity index (χ2v) is 10.5. The molecule has 1 N–H and O–H groups in total. The van der Waals surface area contributed by atoms with Crippen LogP contribution in [-0.4, -0.2) is 35.1 Å². The summed E-state index contributed by atoms with van der Waals surface area (Å²) in [4.78, 5) is 13.0. The minimum atomic E-state index is -4.23. The Kier molecular flexibility index (Phi) is 8.53. The van der Waals surface area contributed by atoms with Crippen LogP contribution in [0, 0.1) is 6.92 Å². The molecule has 0 spiro atoms. The molecule has 3 aromatic rings. The van der Waals surface area contributed by atoms with Crippen molar-refractivity contribution in [1.82, 2.24) is 5.32 Å². The maximum Gasteiger partial charge on any atom is 0.268 e. The van der Waals surface area contributed by atoms with Crippen LogP contribution in [0.5, 0.6) is 11.5 Å². The van der Waals surface area contributed by atoms with Gasteiger partial charge >= 0.3 is 0 Å². The van der Waals surface area contributed by atoms with Gasteiger partial charge in [0.05, 0.1) is 31.0 Å². The minimum Gasteiger partial charge on any atom is -0.495 e. The molecule has 10 heteroatoms. The summed E-state index contributed by atoms with van der Waals surface area (Å²) in [5.74, 6) is 0.0337. The van der Waals surface area contributed by atoms with Crippen molar-refractivity contribution in [2.45, 2.75) is 24.8 Å². The number of aryl methyl sites for hydroxylation is 1. The Morgan fingerprint density at radius 1 is 0.971 bits per heavy atom. The molecule has 0 unspecified atom stereocenters. The van der Waals surface area contributed by atoms with Gasteiger partial charge in [0.1, 0.15) is 22.9 Å². The number of rotatable bonds is 9. The van der Waals surface area contributed by atoms with E-state index in [1.54, 1.807) is 56.3 Å². The molecule has 186 valence electrons. The summed E-state index contributed by atoms with van der Waals surface area (Å²) < 4.78 is 39.2. The molecule has 0 heterocycles. The molecule has 7 nitrogen and oxygen atoms in total. The van der Waals surface area contributed by atoms with Crippen LogP contribution in [0.3, 0.4) is 0 Å². The predicted octanol–water partition coefficient (Wildman–Crippen LogP) is 5.39. The predicted molar refractivity (Wildman–Crippen MR) is 138 cm³/mol. The molecular formula is C25H26Cl2N2O5S. The van der Waals surface area contributed by atoms with Gasteiger partial charge in [0.25, 0.3) is 10.0 Å². The highest BCUT2D eigenvalue weighted by Gasteiger charge is 2.31. The number of halogens is 2. The van der Waals surface area contributed by atoms with Crippen molar-refractivity contribution in [2.75, 3.05) is 25.1 Å². The van der Waals surface area contributed by atoms with Crippen LogP contribution in [0.4, 0.5) is 5.69 Å². The molecule has 1 amide bonds. The average molecular weight is 537 g/mol. The van der Waals surface area contributed by atoms with Crippen molar-refractivity contribution in [3.63, 3.8) is 0 Å². The summed E-state index contributed by atoms with van der Waals surface area (Å²) in [7, 11) is -1.38. The number of hydrogen-bond donors (Lipinski definition) is 1. The first-order chi connectivity index (χ1) is 16.6. The topological polar surface area (TPSA) is 84.9 Å². The van der Waals surface area contributed by atoms with Crippen LogP contribution in [0.1, 0.15) is 24.1 Å². The molecule has 0 fully saturated rings. The van der Waals surface area contributed by atoms with Gasteiger partial charge in [-0.15, -0.1) is 0 Å². The van der Waals surface area contributed by atoms with E-state index in [0.717, 1.165) is 15.4 Å². The monoisotopic (exact) mass is 536 g/mol. The number of carbonyl (C=O) groups is 1. The smallest absolute Gasteiger partial charge is 0.268 e. The van der Waals surface area contributed by atoms with Gasteiger partial charge in [-0.3, -0.25) is 9.10 Å². The maximum atomic E-state index is 13.8. The number of ether oxygens (including phenoxy) is 2. The van der Waals surface area contributed by atoms with E-state index in [9.17, 15) is 13.2 Å². The average Bonchev–Trinajstić information content (AvgIpc) is 2.82. The Morgan fingerprint density at radius 3 is 2.20 bits per heavy atom. The standard InChI is InChI=1S/C25H26Cl2N2O5S/c1-16-5-11-23(34-4)24(13-16)35(31,32)29(20-10-12-22(33-3)21(27)14-20)15-25(30)28-17(2)18-6-8-19(26)9-7-18/h5-14,17H,15H2,1-4H3,(H,28,30)/t17-/m0/s1. The van der Waals surface area contributed by atoms with E-state index in [1.807, 2.05) is 0 Å². The molecule has 0 aliphatic heterocycles. The highest BCUT2D eigenvalue weighted by Crippen LogP contribution is 2.34. The van der Waals surface area contributed by atoms with Crippen molar-refractivity contribution in [3.8, 4) is 11.5 Å². The van der Waals surface area contributed by atoms with Crippen molar-refractivity contribution in [1.29, 1.82) is 0 Å². The molecule has 0 aromatic heterocycles. The van der Waals surface area contributed by atoms with Crippen molar-refractivity contribution < 1.29 is 22.7 Å². The molecule has 3 rings (SSSR count). The van der Waals surface area contributed by atoms with Crippen LogP contribution in [0.15, 0.2) is 65.6 Å². The van der Waals surface area contributed by atoms with Crippen molar-refractivity contribution in [2.24, 2.45) is 0 Å². The van der Waals surface area contributed by atoms with Gasteiger partial charge in [0.2, 0.25) is 5.91 Å². The molecule has 35 heavy (non-hydrogen) atoms. The second-order valence-electron chi connectivity index (χ2n) is 7.83. The molecular weight excluding hydrogens is 511 g/mol. The van der Waals surface area contributed by atoms with E-state index < -0.39 is 22.5 Å². The van der Waals surface area contributed by atoms with E-state index >= 15 is 0 Å². The largest absolute Gasteiger partial charge is 0.495 e. The number of benzene rings is 3. The van der Waals surface area contributed by atoms with Crippen molar-refractivity contribution >= 4 is 44.8 Å². The van der Waals surface area contributed by atoms with Crippen LogP contribution in [-0.2, 0) is 14.8 Å². The van der Waals surface area contributed by atoms with Crippen LogP contribution in [0.25, 0.3) is 0 Å². The lowest BCUT2D eigenvalue weighted by molar-refractivity contribution is -0.120. The first kappa shape index (κ1) is 26.7. The first-order valence-corrected chi connectivity index (χ1v) is 12.8. The fourth-order valence-electron chi connectivity index (χ4n) is 3.48. The molecule has 0 saturated carbocycles. The van der Waals surface area contributed by atoms with Crippen LogP contribution in [0.2, 0.25) is 10.0 Å². The van der Waals surface area contributed by atoms with Gasteiger partial charge in [-0.2, -0.15) is 0 Å². The summed E-state index contributed by atoms with van der Waals surface area (Å²) >= 11 is 12.2. The summed E-state index contributed by atoms with van der Waals surface area (Å²) in [5, 5.41) is 3.62. The zero-order valence-electron chi connectivity index (χ0n) is 19.7. The van der Waals surface area contributed by atoms with E-state index in [0.29, 0.717) is 10.8 Å². The lowest BCUT2D eigenvalue weighted by Crippen LogP contribution is -2.41. The van der Waals surface area contributed by atoms with Crippen LogP contribution < -0.4 is 19.1 Å². The van der Waals surface area contributed by atoms with Gasteiger partial charge in [-0.05, 0) is 67.4 Å². The number of anilines is 1. The summed E-state index contributed by atoms with van der Waals surface area (Å²) in [6.07, 6.45) is 0. The number of hydrogen-bond acceptors (Lipinski definition) is 5. The van der Waals surface area contributed by atoms with Gasteiger partial charge in [-0.25, -0.2) is 8.42 Å². The Bertz CT molecular complexity index is 1310. The number of nitrogens with zero attached hydrogens (tertiary/aromatic N) is 1. The van der Waals surface area contributed by atoms with E-state index in [1.165, 1.54) is 32.4 Å². The Morgan fingerprint density at radius 2 is 1.60 bits per heavy atom. The van der Waals surface area contributed by atoms with E-state index in [4.69, 9.17) is 32.7 Å². The van der Waals surface area contributed by atoms with Crippen molar-refractivity contribution in [3.05, 3.63) is 81.8 Å². The molecule has 0 aliphatic carbocycles. The quantitative estimate of drug-likeness (QED) is 0.396. The number of nitrogens with one attached hydrogen (secondary N) is 1. The highest BCUT2D eigenvalue weighted by atomic mass is 35.5. The second kappa shape index (κ2) is 11.2. The van der Waals surface area contributed by atoms with Gasteiger partial charge in [0, 0.05) is 5.02 Å². The molecule has 0 aliphatic rings. The lowest BCUT2D eigenvalue weighted by atomic mass is 10.1. The SMILES string of the molecule is COc1ccc(N(CC(=O)N[C@@H](C)c2ccc(Cl)cc2)S(=O)(=O)c2cc(C)ccc2OC)cc1Cl. The first-order valence-electron chi connectivity index (χ1n) is 10.6. The number of sulfonamides is 1. The summed E-state index contributed by atoms with van der Waals surface area (Å²) in [5.41, 5.74) is 1.75. The minimum absolute atomic E-state index is 0.0644. The normalized spacial score (nSPS) is 12.1. The third kappa shape index (κ3) is 6.20. The van der Waals surface area contributed by atoms with Crippen LogP contribution >= 0.6 is 23.2 Å². The fourth-order valence-corrected chi connectivity index (χ4v) is 5.52. The number of amides is 1. The fraction of sp³-hybridized carbons (Fsp3) is 0.240. The third-order valence-electron chi connectivity index (χ3n) is 5.35. The summed E-state index contributed by atoms with van der Waals surface area (Å²) in [6.45, 7) is 3.08. The molecule has 0 radical (unpaired) electrons. The molecule has 0 bridgehead atoms. The number of methoxy groups -OCH3 is 2.